The molecule has 0 aromatic carbocycles. The van der Waals surface area contributed by atoms with Gasteiger partial charge >= 0.3 is 6.72 Å². The van der Waals surface area contributed by atoms with Crippen LogP contribution in [0.4, 0.5) is 0 Å². The first-order valence-corrected chi connectivity index (χ1v) is 11.5. The average molecular weight is 389 g/mol. The van der Waals surface area contributed by atoms with Gasteiger partial charge in [-0.15, -0.1) is 0 Å². The number of hydrogen-bond acceptors (Lipinski definition) is 3. The molecule has 0 atom stereocenters. The Hall–Kier alpha value is 1.02. The highest BCUT2D eigenvalue weighted by Crippen LogP contribution is 2.26. The van der Waals surface area contributed by atoms with Crippen LogP contribution in [0.3, 0.4) is 0 Å². The summed E-state index contributed by atoms with van der Waals surface area (Å²) < 4.78 is 1.00. The van der Waals surface area contributed by atoms with Gasteiger partial charge in [-0.1, -0.05) is 52.3 Å². The van der Waals surface area contributed by atoms with Crippen LogP contribution in [0.25, 0.3) is 0 Å². The summed E-state index contributed by atoms with van der Waals surface area (Å²) in [5, 5.41) is 0. The molecule has 0 aliphatic rings. The third kappa shape index (κ3) is 7310. The van der Waals surface area contributed by atoms with E-state index in [0.29, 0.717) is 0 Å². The molecule has 0 aliphatic carbocycles. The molecule has 0 saturated heterocycles. The highest BCUT2D eigenvalue weighted by Gasteiger charge is 1.92. The maximum Gasteiger partial charge on any atom is 0.319 e. The zero-order valence-corrected chi connectivity index (χ0v) is 17.6. The topological polar surface area (TPSA) is 124 Å². The Balaban J connectivity index is -0.0000000519. The van der Waals surface area contributed by atoms with E-state index in [9.17, 15) is 0 Å². The molecule has 5 N–H and O–H groups in total. The lowest BCUT2D eigenvalue weighted by molar-refractivity contribution is -0.849. The van der Waals surface area contributed by atoms with Crippen LogP contribution in [0, 0.1) is 0 Å². The van der Waals surface area contributed by atoms with Gasteiger partial charge in [0.05, 0.1) is 28.2 Å². The van der Waals surface area contributed by atoms with Gasteiger partial charge in [-0.3, -0.25) is 0 Å². The maximum absolute atomic E-state index is 9.14. The Kier molecular flexibility index (Phi) is 30.5. The zero-order chi connectivity index (χ0) is 18.9. The third-order valence-electron chi connectivity index (χ3n) is 0. The van der Waals surface area contributed by atoms with Crippen molar-refractivity contribution in [1.29, 1.82) is 0 Å². The van der Waals surface area contributed by atoms with E-state index in [0.717, 1.165) is 4.48 Å². The van der Waals surface area contributed by atoms with Crippen molar-refractivity contribution in [2.45, 2.75) is 40.5 Å². The average Bonchev–Trinajstić information content (AvgIpc) is 1.93. The first kappa shape index (κ1) is 33.6. The molecule has 7 nitrogen and oxygen atoms in total. The quantitative estimate of drug-likeness (QED) is 0.306. The Bertz CT molecular complexity index is 231. The van der Waals surface area contributed by atoms with Gasteiger partial charge in [0.1, 0.15) is 6.72 Å². The van der Waals surface area contributed by atoms with Crippen molar-refractivity contribution >= 4 is 37.1 Å². The predicted molar refractivity (Wildman–Crippen MR) is 95.6 cm³/mol. The number of hydrogen-bond donors (Lipinski definition) is 5. The summed E-state index contributed by atoms with van der Waals surface area (Å²) in [5.74, 6) is 0. The molecule has 0 amide bonds. The summed E-state index contributed by atoms with van der Waals surface area (Å²) in [7, 11) is 8.50. The van der Waals surface area contributed by atoms with Gasteiger partial charge in [-0.05, 0) is 11.8 Å². The highest BCUT2D eigenvalue weighted by molar-refractivity contribution is 8.06. The van der Waals surface area contributed by atoms with Crippen molar-refractivity contribution in [1.82, 2.24) is 0 Å². The van der Waals surface area contributed by atoms with Gasteiger partial charge in [0.15, 0.2) is 0 Å². The monoisotopic (exact) mass is 389 g/mol. The Morgan fingerprint density at radius 2 is 0.762 bits per heavy atom. The van der Waals surface area contributed by atoms with E-state index in [1.807, 2.05) is 0 Å². The van der Waals surface area contributed by atoms with Crippen molar-refractivity contribution in [3.8, 4) is 0 Å². The molecular formula is C10H33NO6P2S2. The summed E-state index contributed by atoms with van der Waals surface area (Å²) in [4.78, 5) is 46.7. The van der Waals surface area contributed by atoms with Gasteiger partial charge in [0.25, 0.3) is 0 Å². The van der Waals surface area contributed by atoms with Gasteiger partial charge in [-0.2, -0.15) is 0 Å². The second-order valence-electron chi connectivity index (χ2n) is 5.10. The molecular weight excluding hydrogens is 356 g/mol. The number of rotatable bonds is 0. The Morgan fingerprint density at radius 1 is 0.762 bits per heavy atom. The fraction of sp³-hybridized carbons (Fsp3) is 1.00. The van der Waals surface area contributed by atoms with Crippen LogP contribution in [0.15, 0.2) is 0 Å². The van der Waals surface area contributed by atoms with E-state index >= 15 is 0 Å². The van der Waals surface area contributed by atoms with Crippen molar-refractivity contribution in [3.63, 3.8) is 0 Å². The highest BCUT2D eigenvalue weighted by atomic mass is 32.5. The molecule has 21 heavy (non-hydrogen) atoms. The summed E-state index contributed by atoms with van der Waals surface area (Å²) in [5.41, 5.74) is 0. The van der Waals surface area contributed by atoms with Crippen LogP contribution < -0.4 is 4.89 Å². The van der Waals surface area contributed by atoms with Crippen LogP contribution in [0.1, 0.15) is 40.5 Å². The fourth-order valence-corrected chi connectivity index (χ4v) is 0. The lowest BCUT2D eigenvalue weighted by Gasteiger charge is -2.14. The van der Waals surface area contributed by atoms with Crippen LogP contribution in [-0.2, 0) is 23.6 Å². The molecule has 0 rings (SSSR count). The molecule has 136 valence electrons. The van der Waals surface area contributed by atoms with Crippen molar-refractivity contribution in [3.05, 3.63) is 0 Å². The second kappa shape index (κ2) is 19.1. The zero-order valence-electron chi connectivity index (χ0n) is 14.2. The first-order valence-electron chi connectivity index (χ1n) is 6.17. The smallest absolute Gasteiger partial charge is 0.319 e. The maximum atomic E-state index is 9.14. The lowest BCUT2D eigenvalue weighted by Crippen LogP contribution is -2.27. The van der Waals surface area contributed by atoms with E-state index in [1.54, 1.807) is 0 Å². The molecule has 0 aliphatic heterocycles. The summed E-state index contributed by atoms with van der Waals surface area (Å²) >= 11 is 7.10. The minimum absolute atomic E-state index is 1.00. The van der Waals surface area contributed by atoms with Crippen LogP contribution in [0.2, 0.25) is 0 Å². The lowest BCUT2D eigenvalue weighted by atomic mass is 10.6. The molecule has 0 saturated carbocycles. The first-order chi connectivity index (χ1) is 8.83. The predicted octanol–water partition coefficient (Wildman–Crippen LogP) is 0.899. The summed E-state index contributed by atoms with van der Waals surface area (Å²) in [6.07, 6.45) is 2.50. The van der Waals surface area contributed by atoms with Crippen molar-refractivity contribution in [2.24, 2.45) is 0 Å². The Morgan fingerprint density at radius 3 is 0.762 bits per heavy atom. The minimum atomic E-state index is -4.06. The minimum Gasteiger partial charge on any atom is -0.780 e. The van der Waals surface area contributed by atoms with E-state index in [-0.39, 0.29) is 0 Å². The van der Waals surface area contributed by atoms with E-state index < -0.39 is 13.4 Å². The van der Waals surface area contributed by atoms with Gasteiger partial charge < -0.3 is 33.8 Å². The van der Waals surface area contributed by atoms with Crippen molar-refractivity contribution in [2.75, 3.05) is 28.2 Å². The summed E-state index contributed by atoms with van der Waals surface area (Å²) in [6, 6.07) is 0. The number of quaternary nitrogens is 1. The number of nitrogens with zero attached hydrogens (tertiary/aromatic N) is 1. The molecule has 0 heterocycles. The van der Waals surface area contributed by atoms with E-state index in [2.05, 4.69) is 79.5 Å². The molecule has 0 spiro atoms. The van der Waals surface area contributed by atoms with E-state index in [1.165, 1.54) is 12.8 Å². The molecule has 0 unspecified atom stereocenters. The summed E-state index contributed by atoms with van der Waals surface area (Å²) in [6.45, 7) is 0.639. The molecule has 0 fully saturated rings. The fourth-order valence-electron chi connectivity index (χ4n) is 0. The normalized spacial score (nSPS) is 10.2. The van der Waals surface area contributed by atoms with Crippen LogP contribution in [0.5, 0.6) is 0 Å². The SMILES string of the molecule is CCC.CCC.C[N+](C)(C)C.OP(O)(O)=S.[O-]P(O)(O)=S. The second-order valence-corrected chi connectivity index (χ2v) is 10.0. The van der Waals surface area contributed by atoms with Gasteiger partial charge in [0.2, 0.25) is 0 Å². The third-order valence-corrected chi connectivity index (χ3v) is 0. The van der Waals surface area contributed by atoms with Crippen LogP contribution in [-0.4, -0.2) is 57.1 Å². The molecule has 0 aromatic rings. The van der Waals surface area contributed by atoms with Crippen LogP contribution >= 0.6 is 13.4 Å². The standard InChI is InChI=1S/C4H12N.2C3H8.2H3O3PS/c1-5(2,3)4;2*1-3-2;2*1-4(2,3)5/h1-4H3;2*3H2,1-2H3;2*(H3,1,2,3,5)/q+1;;;;/p-1. The molecule has 0 aromatic heterocycles. The van der Waals surface area contributed by atoms with Crippen molar-refractivity contribution < 1.29 is 33.8 Å². The van der Waals surface area contributed by atoms with Gasteiger partial charge in [0, 0.05) is 0 Å². The van der Waals surface area contributed by atoms with E-state index in [4.69, 9.17) is 29.4 Å². The Labute approximate surface area is 140 Å². The molecule has 0 bridgehead atoms. The van der Waals surface area contributed by atoms with Gasteiger partial charge in [-0.25, -0.2) is 0 Å². The molecule has 0 radical (unpaired) electrons. The largest absolute Gasteiger partial charge is 0.780 e. The molecule has 11 heteroatoms.